The van der Waals surface area contributed by atoms with Crippen molar-refractivity contribution >= 4 is 15.7 Å². The summed E-state index contributed by atoms with van der Waals surface area (Å²) in [6, 6.07) is 6.12. The summed E-state index contributed by atoms with van der Waals surface area (Å²) in [7, 11) is -3.22. The second-order valence-corrected chi connectivity index (χ2v) is 7.91. The largest absolute Gasteiger partial charge is 0.352 e. The number of nitrogens with zero attached hydrogens (tertiary/aromatic N) is 1. The van der Waals surface area contributed by atoms with E-state index < -0.39 is 9.84 Å². The Hall–Kier alpha value is -1.44. The maximum absolute atomic E-state index is 12.0. The monoisotopic (exact) mass is 339 g/mol. The minimum absolute atomic E-state index is 0.0601. The summed E-state index contributed by atoms with van der Waals surface area (Å²) >= 11 is 0. The van der Waals surface area contributed by atoms with Crippen molar-refractivity contribution in [2.75, 3.05) is 45.0 Å². The molecule has 0 saturated carbocycles. The Labute approximate surface area is 138 Å². The molecule has 1 aliphatic rings. The SMILES string of the molecule is CCS(=O)(=O)c1ccc(C(=O)NCCCN2CCNCC2)cc1. The highest BCUT2D eigenvalue weighted by molar-refractivity contribution is 7.91. The molecular formula is C16H25N3O3S. The van der Waals surface area contributed by atoms with Crippen LogP contribution in [-0.2, 0) is 9.84 Å². The van der Waals surface area contributed by atoms with Crippen LogP contribution in [0.15, 0.2) is 29.2 Å². The van der Waals surface area contributed by atoms with Gasteiger partial charge < -0.3 is 15.5 Å². The summed E-state index contributed by atoms with van der Waals surface area (Å²) < 4.78 is 23.5. The Bertz CT molecular complexity index is 608. The van der Waals surface area contributed by atoms with Crippen molar-refractivity contribution in [3.05, 3.63) is 29.8 Å². The van der Waals surface area contributed by atoms with E-state index in [0.29, 0.717) is 12.1 Å². The molecule has 2 N–H and O–H groups in total. The maximum Gasteiger partial charge on any atom is 0.251 e. The van der Waals surface area contributed by atoms with Gasteiger partial charge in [-0.2, -0.15) is 0 Å². The van der Waals surface area contributed by atoms with Crippen LogP contribution in [0.25, 0.3) is 0 Å². The zero-order valence-corrected chi connectivity index (χ0v) is 14.4. The Morgan fingerprint density at radius 2 is 1.87 bits per heavy atom. The lowest BCUT2D eigenvalue weighted by molar-refractivity contribution is 0.0951. The molecule has 23 heavy (non-hydrogen) atoms. The van der Waals surface area contributed by atoms with E-state index in [1.807, 2.05) is 0 Å². The van der Waals surface area contributed by atoms with Crippen LogP contribution in [0.1, 0.15) is 23.7 Å². The van der Waals surface area contributed by atoms with Crippen molar-refractivity contribution in [3.8, 4) is 0 Å². The van der Waals surface area contributed by atoms with Crippen LogP contribution < -0.4 is 10.6 Å². The maximum atomic E-state index is 12.0. The number of carbonyl (C=O) groups excluding carboxylic acids is 1. The van der Waals surface area contributed by atoms with Gasteiger partial charge in [-0.05, 0) is 37.2 Å². The first-order valence-electron chi connectivity index (χ1n) is 8.07. The minimum Gasteiger partial charge on any atom is -0.352 e. The number of carbonyl (C=O) groups is 1. The fourth-order valence-corrected chi connectivity index (χ4v) is 3.41. The van der Waals surface area contributed by atoms with E-state index in [1.54, 1.807) is 19.1 Å². The van der Waals surface area contributed by atoms with Crippen LogP contribution in [0, 0.1) is 0 Å². The van der Waals surface area contributed by atoms with E-state index in [2.05, 4.69) is 15.5 Å². The van der Waals surface area contributed by atoms with Gasteiger partial charge >= 0.3 is 0 Å². The van der Waals surface area contributed by atoms with Crippen molar-refractivity contribution in [1.82, 2.24) is 15.5 Å². The van der Waals surface area contributed by atoms with Crippen LogP contribution in [-0.4, -0.2) is 64.2 Å². The van der Waals surface area contributed by atoms with E-state index >= 15 is 0 Å². The molecule has 0 atom stereocenters. The molecule has 1 aromatic carbocycles. The average Bonchev–Trinajstić information content (AvgIpc) is 2.59. The highest BCUT2D eigenvalue weighted by Crippen LogP contribution is 2.12. The van der Waals surface area contributed by atoms with Crippen molar-refractivity contribution in [2.45, 2.75) is 18.2 Å². The third-order valence-electron chi connectivity index (χ3n) is 4.00. The lowest BCUT2D eigenvalue weighted by atomic mass is 10.2. The summed E-state index contributed by atoms with van der Waals surface area (Å²) in [6.45, 7) is 7.38. The van der Waals surface area contributed by atoms with Gasteiger partial charge in [-0.3, -0.25) is 4.79 Å². The number of benzene rings is 1. The highest BCUT2D eigenvalue weighted by Gasteiger charge is 2.13. The third kappa shape index (κ3) is 5.30. The quantitative estimate of drug-likeness (QED) is 0.708. The van der Waals surface area contributed by atoms with E-state index in [4.69, 9.17) is 0 Å². The molecule has 1 aromatic rings. The van der Waals surface area contributed by atoms with Crippen LogP contribution in [0.4, 0.5) is 0 Å². The number of rotatable bonds is 7. The van der Waals surface area contributed by atoms with Gasteiger partial charge in [0.05, 0.1) is 10.6 Å². The molecule has 1 amide bonds. The molecule has 1 aliphatic heterocycles. The molecule has 0 radical (unpaired) electrons. The van der Waals surface area contributed by atoms with Gasteiger partial charge in [0.2, 0.25) is 0 Å². The predicted octanol–water partition coefficient (Wildman–Crippen LogP) is 0.505. The Balaban J connectivity index is 1.77. The third-order valence-corrected chi connectivity index (χ3v) is 5.75. The van der Waals surface area contributed by atoms with Gasteiger partial charge in [0.25, 0.3) is 5.91 Å². The highest BCUT2D eigenvalue weighted by atomic mass is 32.2. The van der Waals surface area contributed by atoms with E-state index in [0.717, 1.165) is 39.1 Å². The van der Waals surface area contributed by atoms with Gasteiger partial charge in [0.1, 0.15) is 0 Å². The van der Waals surface area contributed by atoms with Gasteiger partial charge in [-0.1, -0.05) is 6.92 Å². The van der Waals surface area contributed by atoms with E-state index in [1.165, 1.54) is 12.1 Å². The first-order chi connectivity index (χ1) is 11.0. The summed E-state index contributed by atoms with van der Waals surface area (Å²) in [5.74, 6) is -0.101. The first kappa shape index (κ1) is 17.9. The van der Waals surface area contributed by atoms with Crippen LogP contribution in [0.3, 0.4) is 0 Å². The van der Waals surface area contributed by atoms with Gasteiger partial charge in [-0.25, -0.2) is 8.42 Å². The normalized spacial score (nSPS) is 16.2. The molecule has 6 nitrogen and oxygen atoms in total. The fraction of sp³-hybridized carbons (Fsp3) is 0.562. The van der Waals surface area contributed by atoms with Crippen molar-refractivity contribution in [1.29, 1.82) is 0 Å². The molecule has 1 saturated heterocycles. The van der Waals surface area contributed by atoms with E-state index in [9.17, 15) is 13.2 Å². The molecule has 0 unspecified atom stereocenters. The lowest BCUT2D eigenvalue weighted by Crippen LogP contribution is -2.44. The average molecular weight is 339 g/mol. The molecule has 2 rings (SSSR count). The molecule has 0 aromatic heterocycles. The molecule has 0 spiro atoms. The fourth-order valence-electron chi connectivity index (χ4n) is 2.52. The zero-order chi connectivity index (χ0) is 16.7. The van der Waals surface area contributed by atoms with Crippen molar-refractivity contribution in [3.63, 3.8) is 0 Å². The zero-order valence-electron chi connectivity index (χ0n) is 13.5. The number of hydrogen-bond donors (Lipinski definition) is 2. The Morgan fingerprint density at radius 3 is 2.48 bits per heavy atom. The number of hydrogen-bond acceptors (Lipinski definition) is 5. The van der Waals surface area contributed by atoms with Crippen molar-refractivity contribution in [2.24, 2.45) is 0 Å². The Morgan fingerprint density at radius 1 is 1.22 bits per heavy atom. The molecule has 7 heteroatoms. The summed E-state index contributed by atoms with van der Waals surface area (Å²) in [5.41, 5.74) is 0.488. The lowest BCUT2D eigenvalue weighted by Gasteiger charge is -2.27. The second-order valence-electron chi connectivity index (χ2n) is 5.63. The molecule has 128 valence electrons. The number of amides is 1. The van der Waals surface area contributed by atoms with Crippen LogP contribution >= 0.6 is 0 Å². The minimum atomic E-state index is -3.22. The van der Waals surface area contributed by atoms with E-state index in [-0.39, 0.29) is 16.6 Å². The second kappa shape index (κ2) is 8.42. The molecule has 1 heterocycles. The Kier molecular flexibility index (Phi) is 6.56. The molecule has 0 aliphatic carbocycles. The molecule has 1 fully saturated rings. The summed E-state index contributed by atoms with van der Waals surface area (Å²) in [5, 5.41) is 6.19. The predicted molar refractivity (Wildman–Crippen MR) is 90.4 cm³/mol. The number of sulfone groups is 1. The number of nitrogens with one attached hydrogen (secondary N) is 2. The van der Waals surface area contributed by atoms with Gasteiger partial charge in [0.15, 0.2) is 9.84 Å². The number of piperazine rings is 1. The smallest absolute Gasteiger partial charge is 0.251 e. The van der Waals surface area contributed by atoms with Gasteiger partial charge in [0, 0.05) is 38.3 Å². The van der Waals surface area contributed by atoms with Crippen LogP contribution in [0.2, 0.25) is 0 Å². The van der Waals surface area contributed by atoms with Crippen LogP contribution in [0.5, 0.6) is 0 Å². The summed E-state index contributed by atoms with van der Waals surface area (Å²) in [4.78, 5) is 14.7. The van der Waals surface area contributed by atoms with Gasteiger partial charge in [-0.15, -0.1) is 0 Å². The molecular weight excluding hydrogens is 314 g/mol. The molecule has 0 bridgehead atoms. The summed E-state index contributed by atoms with van der Waals surface area (Å²) in [6.07, 6.45) is 0.911. The first-order valence-corrected chi connectivity index (χ1v) is 9.72. The topological polar surface area (TPSA) is 78.5 Å². The van der Waals surface area contributed by atoms with Crippen molar-refractivity contribution < 1.29 is 13.2 Å². The standard InChI is InChI=1S/C16H25N3O3S/c1-2-23(21,22)15-6-4-14(5-7-15)16(20)18-8-3-11-19-12-9-17-10-13-19/h4-7,17H,2-3,8-13H2,1H3,(H,18,20).